The van der Waals surface area contributed by atoms with Crippen molar-refractivity contribution < 1.29 is 13.9 Å². The molecule has 0 aromatic carbocycles. The van der Waals surface area contributed by atoms with Crippen LogP contribution in [0.5, 0.6) is 0 Å². The lowest BCUT2D eigenvalue weighted by molar-refractivity contribution is -0.0154. The molecule has 0 saturated carbocycles. The van der Waals surface area contributed by atoms with Gasteiger partial charge in [-0.15, -0.1) is 0 Å². The summed E-state index contributed by atoms with van der Waals surface area (Å²) in [5.41, 5.74) is 4.15. The molecule has 2 unspecified atom stereocenters. The van der Waals surface area contributed by atoms with Gasteiger partial charge < -0.3 is 15.2 Å². The maximum atomic E-state index is 14.4. The zero-order valence-electron chi connectivity index (χ0n) is 8.80. The molecule has 4 heteroatoms. The van der Waals surface area contributed by atoms with Crippen LogP contribution in [-0.4, -0.2) is 39.1 Å². The van der Waals surface area contributed by atoms with Crippen molar-refractivity contribution in [3.63, 3.8) is 0 Å². The Morgan fingerprint density at radius 3 is 2.93 bits per heavy atom. The van der Waals surface area contributed by atoms with Gasteiger partial charge in [0.25, 0.3) is 0 Å². The highest BCUT2D eigenvalue weighted by molar-refractivity contribution is 4.89. The molecule has 84 valence electrons. The molecule has 3 nitrogen and oxygen atoms in total. The van der Waals surface area contributed by atoms with Gasteiger partial charge in [0.2, 0.25) is 0 Å². The van der Waals surface area contributed by atoms with Crippen LogP contribution in [0.15, 0.2) is 0 Å². The van der Waals surface area contributed by atoms with Crippen LogP contribution in [0.4, 0.5) is 4.39 Å². The van der Waals surface area contributed by atoms with Crippen LogP contribution in [0.25, 0.3) is 0 Å². The van der Waals surface area contributed by atoms with E-state index in [9.17, 15) is 4.39 Å². The summed E-state index contributed by atoms with van der Waals surface area (Å²) in [4.78, 5) is 0. The summed E-state index contributed by atoms with van der Waals surface area (Å²) in [6, 6.07) is 0. The Kier molecular flexibility index (Phi) is 4.78. The summed E-state index contributed by atoms with van der Waals surface area (Å²) in [7, 11) is 1.53. The number of hydrogen-bond acceptors (Lipinski definition) is 3. The van der Waals surface area contributed by atoms with E-state index in [2.05, 4.69) is 0 Å². The molecule has 0 bridgehead atoms. The molecule has 0 aliphatic carbocycles. The highest BCUT2D eigenvalue weighted by Gasteiger charge is 2.40. The van der Waals surface area contributed by atoms with Gasteiger partial charge >= 0.3 is 0 Å². The number of halogens is 1. The van der Waals surface area contributed by atoms with Crippen molar-refractivity contribution in [2.75, 3.05) is 33.5 Å². The third kappa shape index (κ3) is 2.90. The molecular weight excluding hydrogens is 185 g/mol. The fourth-order valence-corrected chi connectivity index (χ4v) is 1.97. The first kappa shape index (κ1) is 11.9. The zero-order valence-corrected chi connectivity index (χ0v) is 8.80. The van der Waals surface area contributed by atoms with Gasteiger partial charge in [-0.25, -0.2) is 4.39 Å². The number of ether oxygens (including phenoxy) is 2. The van der Waals surface area contributed by atoms with Crippen LogP contribution >= 0.6 is 0 Å². The van der Waals surface area contributed by atoms with Crippen LogP contribution in [0.2, 0.25) is 0 Å². The van der Waals surface area contributed by atoms with E-state index in [1.165, 1.54) is 7.11 Å². The van der Waals surface area contributed by atoms with Gasteiger partial charge in [-0.2, -0.15) is 0 Å². The molecule has 1 rings (SSSR count). The van der Waals surface area contributed by atoms with Crippen LogP contribution in [0.1, 0.15) is 19.3 Å². The second-order valence-corrected chi connectivity index (χ2v) is 3.92. The number of methoxy groups -OCH3 is 1. The van der Waals surface area contributed by atoms with Crippen molar-refractivity contribution in [1.29, 1.82) is 0 Å². The predicted molar refractivity (Wildman–Crippen MR) is 52.9 cm³/mol. The molecule has 1 fully saturated rings. The van der Waals surface area contributed by atoms with Gasteiger partial charge in [-0.05, 0) is 25.8 Å². The van der Waals surface area contributed by atoms with E-state index in [-0.39, 0.29) is 12.5 Å². The van der Waals surface area contributed by atoms with Crippen LogP contribution < -0.4 is 5.73 Å². The summed E-state index contributed by atoms with van der Waals surface area (Å²) >= 11 is 0. The number of hydrogen-bond donors (Lipinski definition) is 1. The highest BCUT2D eigenvalue weighted by atomic mass is 19.1. The molecule has 0 radical (unpaired) electrons. The van der Waals surface area contributed by atoms with Crippen molar-refractivity contribution >= 4 is 0 Å². The van der Waals surface area contributed by atoms with Crippen molar-refractivity contribution in [3.05, 3.63) is 0 Å². The lowest BCUT2D eigenvalue weighted by atomic mass is 9.85. The Bertz CT molecular complexity index is 162. The third-order valence-corrected chi connectivity index (χ3v) is 2.84. The molecule has 0 aromatic rings. The van der Waals surface area contributed by atoms with Crippen LogP contribution in [0, 0.1) is 5.92 Å². The summed E-state index contributed by atoms with van der Waals surface area (Å²) < 4.78 is 24.6. The molecular formula is C10H20FNO2. The number of rotatable bonds is 6. The second-order valence-electron chi connectivity index (χ2n) is 3.92. The van der Waals surface area contributed by atoms with Crippen molar-refractivity contribution in [2.24, 2.45) is 11.7 Å². The molecule has 0 amide bonds. The first-order valence-electron chi connectivity index (χ1n) is 5.18. The van der Waals surface area contributed by atoms with Gasteiger partial charge in [-0.3, -0.25) is 0 Å². The van der Waals surface area contributed by atoms with Gasteiger partial charge in [-0.1, -0.05) is 0 Å². The minimum atomic E-state index is -1.25. The minimum absolute atomic E-state index is 0.0194. The Hall–Kier alpha value is -0.190. The van der Waals surface area contributed by atoms with Crippen LogP contribution in [-0.2, 0) is 9.47 Å². The predicted octanol–water partition coefficient (Wildman–Crippen LogP) is 1.12. The summed E-state index contributed by atoms with van der Waals surface area (Å²) in [6.45, 7) is 1.87. The Morgan fingerprint density at radius 1 is 1.64 bits per heavy atom. The highest BCUT2D eigenvalue weighted by Crippen LogP contribution is 2.33. The Balaban J connectivity index is 2.49. The van der Waals surface area contributed by atoms with E-state index in [0.717, 1.165) is 6.42 Å². The van der Waals surface area contributed by atoms with E-state index >= 15 is 0 Å². The fraction of sp³-hybridized carbons (Fsp3) is 1.00. The maximum absolute atomic E-state index is 14.4. The van der Waals surface area contributed by atoms with E-state index in [0.29, 0.717) is 32.6 Å². The summed E-state index contributed by atoms with van der Waals surface area (Å²) in [5, 5.41) is 0. The second kappa shape index (κ2) is 5.63. The first-order chi connectivity index (χ1) is 6.73. The van der Waals surface area contributed by atoms with Gasteiger partial charge in [0.1, 0.15) is 5.67 Å². The molecule has 0 aromatic heterocycles. The van der Waals surface area contributed by atoms with E-state index in [1.807, 2.05) is 0 Å². The molecule has 1 heterocycles. The largest absolute Gasteiger partial charge is 0.381 e. The molecule has 14 heavy (non-hydrogen) atoms. The van der Waals surface area contributed by atoms with Crippen molar-refractivity contribution in [2.45, 2.75) is 24.9 Å². The molecule has 1 saturated heterocycles. The standard InChI is InChI=1S/C10H20FNO2/c1-13-8-10(11,4-2-5-12)9-3-6-14-7-9/h9H,2-8,12H2,1H3. The Morgan fingerprint density at radius 2 is 2.43 bits per heavy atom. The molecule has 1 aliphatic rings. The van der Waals surface area contributed by atoms with Gasteiger partial charge in [0.15, 0.2) is 0 Å². The lowest BCUT2D eigenvalue weighted by Crippen LogP contribution is -2.38. The maximum Gasteiger partial charge on any atom is 0.139 e. The SMILES string of the molecule is COCC(F)(CCCN)C1CCOC1. The minimum Gasteiger partial charge on any atom is -0.381 e. The van der Waals surface area contributed by atoms with E-state index in [1.54, 1.807) is 0 Å². The van der Waals surface area contributed by atoms with Crippen LogP contribution in [0.3, 0.4) is 0 Å². The molecule has 1 aliphatic heterocycles. The normalized spacial score (nSPS) is 26.4. The average molecular weight is 205 g/mol. The zero-order chi connectivity index (χ0) is 10.4. The first-order valence-corrected chi connectivity index (χ1v) is 5.18. The lowest BCUT2D eigenvalue weighted by Gasteiger charge is -2.29. The van der Waals surface area contributed by atoms with Crippen molar-refractivity contribution in [1.82, 2.24) is 0 Å². The smallest absolute Gasteiger partial charge is 0.139 e. The summed E-state index contributed by atoms with van der Waals surface area (Å²) in [5.74, 6) is -0.0194. The number of nitrogens with two attached hydrogens (primary N) is 1. The quantitative estimate of drug-likeness (QED) is 0.706. The molecule has 2 N–H and O–H groups in total. The fourth-order valence-electron chi connectivity index (χ4n) is 1.97. The monoisotopic (exact) mass is 205 g/mol. The van der Waals surface area contributed by atoms with Gasteiger partial charge in [0, 0.05) is 19.6 Å². The van der Waals surface area contributed by atoms with Crippen molar-refractivity contribution in [3.8, 4) is 0 Å². The average Bonchev–Trinajstić information content (AvgIpc) is 2.68. The molecule has 0 spiro atoms. The Labute approximate surface area is 84.8 Å². The third-order valence-electron chi connectivity index (χ3n) is 2.84. The summed E-state index contributed by atoms with van der Waals surface area (Å²) in [6.07, 6.45) is 1.98. The van der Waals surface area contributed by atoms with E-state index in [4.69, 9.17) is 15.2 Å². The van der Waals surface area contributed by atoms with E-state index < -0.39 is 5.67 Å². The number of alkyl halides is 1. The van der Waals surface area contributed by atoms with Gasteiger partial charge in [0.05, 0.1) is 13.2 Å². The molecule has 2 atom stereocenters. The topological polar surface area (TPSA) is 44.5 Å².